The van der Waals surface area contributed by atoms with Crippen LogP contribution in [0.5, 0.6) is 0 Å². The second kappa shape index (κ2) is 7.74. The number of hydrogen-bond acceptors (Lipinski definition) is 4. The van der Waals surface area contributed by atoms with E-state index in [9.17, 15) is 14.4 Å². The molecule has 9 heteroatoms. The first-order valence-electron chi connectivity index (χ1n) is 8.82. The molecule has 2 aromatic carbocycles. The third kappa shape index (κ3) is 3.58. The summed E-state index contributed by atoms with van der Waals surface area (Å²) in [7, 11) is 0. The Morgan fingerprint density at radius 2 is 1.83 bits per heavy atom. The van der Waals surface area contributed by atoms with E-state index < -0.39 is 17.8 Å². The fraction of sp³-hybridized carbons (Fsp3) is 0.0476. The lowest BCUT2D eigenvalue weighted by molar-refractivity contribution is -0.137. The van der Waals surface area contributed by atoms with Gasteiger partial charge in [0.15, 0.2) is 5.11 Å². The number of carbonyl (C=O) groups excluding carboxylic acids is 2. The lowest BCUT2D eigenvalue weighted by atomic mass is 10.1. The van der Waals surface area contributed by atoms with Gasteiger partial charge in [0, 0.05) is 27.7 Å². The smallest absolute Gasteiger partial charge is 0.323 e. The van der Waals surface area contributed by atoms with E-state index in [1.54, 1.807) is 59.3 Å². The highest BCUT2D eigenvalue weighted by Gasteiger charge is 2.34. The number of benzene rings is 2. The van der Waals surface area contributed by atoms with Crippen molar-refractivity contribution in [3.63, 3.8) is 0 Å². The lowest BCUT2D eigenvalue weighted by Crippen LogP contribution is -2.54. The Morgan fingerprint density at radius 1 is 1.13 bits per heavy atom. The van der Waals surface area contributed by atoms with Crippen LogP contribution in [0, 0.1) is 0 Å². The molecule has 0 spiro atoms. The monoisotopic (exact) mass is 439 g/mol. The van der Waals surface area contributed by atoms with Gasteiger partial charge in [0.2, 0.25) is 0 Å². The van der Waals surface area contributed by atoms with Crippen LogP contribution in [0.3, 0.4) is 0 Å². The molecule has 0 aliphatic carbocycles. The number of carbonyl (C=O) groups is 3. The van der Waals surface area contributed by atoms with Crippen molar-refractivity contribution < 1.29 is 19.5 Å². The molecular formula is C21H14ClN3O4S. The highest BCUT2D eigenvalue weighted by molar-refractivity contribution is 7.80. The molecule has 7 nitrogen and oxygen atoms in total. The van der Waals surface area contributed by atoms with Gasteiger partial charge in [-0.1, -0.05) is 29.8 Å². The molecular weight excluding hydrogens is 426 g/mol. The molecule has 150 valence electrons. The number of thiocarbonyl (C=S) groups is 1. The van der Waals surface area contributed by atoms with E-state index in [1.807, 2.05) is 0 Å². The summed E-state index contributed by atoms with van der Waals surface area (Å²) >= 11 is 11.1. The van der Waals surface area contributed by atoms with E-state index >= 15 is 0 Å². The van der Waals surface area contributed by atoms with E-state index in [-0.39, 0.29) is 17.2 Å². The summed E-state index contributed by atoms with van der Waals surface area (Å²) in [6.45, 7) is -0.245. The Hall–Kier alpha value is -3.49. The number of rotatable bonds is 4. The van der Waals surface area contributed by atoms with E-state index in [1.165, 1.54) is 11.0 Å². The van der Waals surface area contributed by atoms with E-state index in [4.69, 9.17) is 28.9 Å². The zero-order valence-electron chi connectivity index (χ0n) is 15.3. The molecule has 0 radical (unpaired) electrons. The first kappa shape index (κ1) is 19.8. The Balaban J connectivity index is 1.80. The molecule has 2 heterocycles. The summed E-state index contributed by atoms with van der Waals surface area (Å²) in [4.78, 5) is 38.1. The zero-order chi connectivity index (χ0) is 21.4. The standard InChI is InChI=1S/C21H14ClN3O4S/c22-13-5-7-14(8-6-13)25-20(29)16(19(28)23-21(25)30)9-12-10-24(11-18(26)27)17-4-2-1-3-15(12)17/h1-10H,11H2,(H,26,27)(H,23,28,30). The number of nitrogens with zero attached hydrogens (tertiary/aromatic N) is 2. The van der Waals surface area contributed by atoms with E-state index in [0.29, 0.717) is 21.8 Å². The number of aliphatic carboxylic acids is 1. The van der Waals surface area contributed by atoms with E-state index in [2.05, 4.69) is 5.32 Å². The summed E-state index contributed by atoms with van der Waals surface area (Å²) in [5.41, 5.74) is 1.58. The Morgan fingerprint density at radius 3 is 2.53 bits per heavy atom. The normalized spacial score (nSPS) is 15.7. The Kier molecular flexibility index (Phi) is 5.11. The number of carboxylic acid groups (broad SMARTS) is 1. The quantitative estimate of drug-likeness (QED) is 0.370. The number of carboxylic acids is 1. The molecule has 1 aliphatic heterocycles. The molecule has 2 N–H and O–H groups in total. The third-order valence-electron chi connectivity index (χ3n) is 4.61. The predicted octanol–water partition coefficient (Wildman–Crippen LogP) is 3.21. The minimum Gasteiger partial charge on any atom is -0.480 e. The lowest BCUT2D eigenvalue weighted by Gasteiger charge is -2.28. The van der Waals surface area contributed by atoms with Crippen LogP contribution in [0.25, 0.3) is 17.0 Å². The maximum atomic E-state index is 13.1. The zero-order valence-corrected chi connectivity index (χ0v) is 16.9. The van der Waals surface area contributed by atoms with Gasteiger partial charge in [-0.2, -0.15) is 0 Å². The van der Waals surface area contributed by atoms with Gasteiger partial charge in [0.1, 0.15) is 12.1 Å². The minimum atomic E-state index is -0.999. The molecule has 3 aromatic rings. The summed E-state index contributed by atoms with van der Waals surface area (Å²) < 4.78 is 1.55. The van der Waals surface area contributed by atoms with Crippen molar-refractivity contribution in [1.29, 1.82) is 0 Å². The van der Waals surface area contributed by atoms with Crippen LogP contribution in [0.4, 0.5) is 5.69 Å². The van der Waals surface area contributed by atoms with Crippen molar-refractivity contribution >= 4 is 69.4 Å². The molecule has 1 aromatic heterocycles. The minimum absolute atomic E-state index is 0.0298. The molecule has 30 heavy (non-hydrogen) atoms. The van der Waals surface area contributed by atoms with Crippen molar-refractivity contribution in [1.82, 2.24) is 9.88 Å². The van der Waals surface area contributed by atoms with Gasteiger partial charge in [-0.3, -0.25) is 24.6 Å². The molecule has 4 rings (SSSR count). The Bertz CT molecular complexity index is 1250. The number of hydrogen-bond donors (Lipinski definition) is 2. The fourth-order valence-electron chi connectivity index (χ4n) is 3.30. The van der Waals surface area contributed by atoms with Gasteiger partial charge in [-0.15, -0.1) is 0 Å². The van der Waals surface area contributed by atoms with Crippen LogP contribution in [0.15, 0.2) is 60.3 Å². The molecule has 0 saturated carbocycles. The van der Waals surface area contributed by atoms with Gasteiger partial charge < -0.3 is 9.67 Å². The van der Waals surface area contributed by atoms with Crippen LogP contribution < -0.4 is 10.2 Å². The number of fused-ring (bicyclic) bond motifs is 1. The molecule has 0 atom stereocenters. The van der Waals surface area contributed by atoms with Crippen molar-refractivity contribution in [2.45, 2.75) is 6.54 Å². The highest BCUT2D eigenvalue weighted by Crippen LogP contribution is 2.27. The number of amides is 2. The first-order chi connectivity index (χ1) is 14.3. The van der Waals surface area contributed by atoms with Gasteiger partial charge in [0.25, 0.3) is 11.8 Å². The fourth-order valence-corrected chi connectivity index (χ4v) is 3.71. The second-order valence-corrected chi connectivity index (χ2v) is 7.38. The van der Waals surface area contributed by atoms with Crippen molar-refractivity contribution in [2.75, 3.05) is 4.90 Å². The van der Waals surface area contributed by atoms with E-state index in [0.717, 1.165) is 5.39 Å². The largest absolute Gasteiger partial charge is 0.480 e. The van der Waals surface area contributed by atoms with Gasteiger partial charge in [-0.25, -0.2) is 0 Å². The Labute approximate surface area is 181 Å². The van der Waals surface area contributed by atoms with Crippen LogP contribution in [-0.4, -0.2) is 32.6 Å². The van der Waals surface area contributed by atoms with Crippen molar-refractivity contribution in [3.8, 4) is 0 Å². The number of halogens is 1. The second-order valence-electron chi connectivity index (χ2n) is 6.56. The van der Waals surface area contributed by atoms with Crippen LogP contribution in [0.1, 0.15) is 5.56 Å². The number of para-hydroxylation sites is 1. The SMILES string of the molecule is O=C(O)Cn1cc(C=C2C(=O)NC(=S)N(c3ccc(Cl)cc3)C2=O)c2ccccc21. The molecule has 2 amide bonds. The number of nitrogens with one attached hydrogen (secondary N) is 1. The maximum Gasteiger partial charge on any atom is 0.323 e. The number of anilines is 1. The summed E-state index contributed by atoms with van der Waals surface area (Å²) in [5.74, 6) is -2.20. The van der Waals surface area contributed by atoms with Gasteiger partial charge in [-0.05, 0) is 48.6 Å². The number of aromatic nitrogens is 1. The van der Waals surface area contributed by atoms with Crippen molar-refractivity contribution in [2.24, 2.45) is 0 Å². The van der Waals surface area contributed by atoms with Gasteiger partial charge >= 0.3 is 5.97 Å². The summed E-state index contributed by atoms with van der Waals surface area (Å²) in [6, 6.07) is 13.6. The molecule has 1 aliphatic rings. The van der Waals surface area contributed by atoms with Crippen LogP contribution in [-0.2, 0) is 20.9 Å². The summed E-state index contributed by atoms with van der Waals surface area (Å²) in [5, 5.41) is 12.9. The average Bonchev–Trinajstić information content (AvgIpc) is 3.03. The van der Waals surface area contributed by atoms with Crippen LogP contribution in [0.2, 0.25) is 5.02 Å². The first-order valence-corrected chi connectivity index (χ1v) is 9.60. The third-order valence-corrected chi connectivity index (χ3v) is 5.15. The molecule has 0 bridgehead atoms. The highest BCUT2D eigenvalue weighted by atomic mass is 35.5. The maximum absolute atomic E-state index is 13.1. The molecule has 1 saturated heterocycles. The summed E-state index contributed by atoms with van der Waals surface area (Å²) in [6.07, 6.45) is 3.05. The average molecular weight is 440 g/mol. The molecule has 1 fully saturated rings. The topological polar surface area (TPSA) is 91.6 Å². The molecule has 0 unspecified atom stereocenters. The van der Waals surface area contributed by atoms with Crippen LogP contribution >= 0.6 is 23.8 Å². The van der Waals surface area contributed by atoms with Gasteiger partial charge in [0.05, 0.1) is 5.69 Å². The van der Waals surface area contributed by atoms with Crippen molar-refractivity contribution in [3.05, 3.63) is 70.9 Å². The predicted molar refractivity (Wildman–Crippen MR) is 117 cm³/mol.